The van der Waals surface area contributed by atoms with Crippen LogP contribution in [0.2, 0.25) is 0 Å². The Kier molecular flexibility index (Phi) is 5.18. The van der Waals surface area contributed by atoms with Crippen LogP contribution in [0.25, 0.3) is 11.3 Å². The van der Waals surface area contributed by atoms with Gasteiger partial charge in [-0.3, -0.25) is 9.59 Å². The van der Waals surface area contributed by atoms with Crippen molar-refractivity contribution in [2.75, 3.05) is 24.9 Å². The molecule has 29 heavy (non-hydrogen) atoms. The predicted octanol–water partition coefficient (Wildman–Crippen LogP) is 3.89. The number of carbonyl (C=O) groups excluding carboxylic acids is 2. The van der Waals surface area contributed by atoms with Crippen molar-refractivity contribution in [2.24, 2.45) is 0 Å². The second-order valence-corrected chi connectivity index (χ2v) is 7.35. The Morgan fingerprint density at radius 2 is 1.97 bits per heavy atom. The van der Waals surface area contributed by atoms with Gasteiger partial charge < -0.3 is 20.1 Å². The molecule has 148 valence electrons. The number of hydrogen-bond donors (Lipinski definition) is 2. The summed E-state index contributed by atoms with van der Waals surface area (Å²) in [7, 11) is 3.16. The third-order valence-electron chi connectivity index (χ3n) is 4.73. The molecule has 1 aliphatic heterocycles. The maximum absolute atomic E-state index is 12.8. The zero-order valence-electron chi connectivity index (χ0n) is 15.9. The van der Waals surface area contributed by atoms with E-state index in [1.807, 2.05) is 41.8 Å². The number of nitrogens with one attached hydrogen (secondary N) is 2. The largest absolute Gasteiger partial charge is 0.493 e. The number of aromatic nitrogens is 1. The number of thiazole rings is 1. The van der Waals surface area contributed by atoms with Crippen LogP contribution in [0.4, 0.5) is 10.8 Å². The van der Waals surface area contributed by atoms with Gasteiger partial charge in [-0.15, -0.1) is 11.3 Å². The molecule has 2 aromatic carbocycles. The summed E-state index contributed by atoms with van der Waals surface area (Å²) < 4.78 is 10.6. The van der Waals surface area contributed by atoms with Gasteiger partial charge in [0.25, 0.3) is 0 Å². The van der Waals surface area contributed by atoms with Gasteiger partial charge in [0.05, 0.1) is 25.8 Å². The Bertz CT molecular complexity index is 1080. The maximum Gasteiger partial charge on any atom is 0.234 e. The zero-order chi connectivity index (χ0) is 20.4. The van der Waals surface area contributed by atoms with Crippen LogP contribution in [0.3, 0.4) is 0 Å². The smallest absolute Gasteiger partial charge is 0.234 e. The van der Waals surface area contributed by atoms with Crippen LogP contribution in [0.5, 0.6) is 11.5 Å². The quantitative estimate of drug-likeness (QED) is 0.667. The van der Waals surface area contributed by atoms with Gasteiger partial charge >= 0.3 is 0 Å². The van der Waals surface area contributed by atoms with Gasteiger partial charge in [-0.05, 0) is 29.8 Å². The molecule has 0 radical (unpaired) electrons. The van der Waals surface area contributed by atoms with Crippen molar-refractivity contribution >= 4 is 34.0 Å². The van der Waals surface area contributed by atoms with Gasteiger partial charge in [-0.1, -0.05) is 18.2 Å². The summed E-state index contributed by atoms with van der Waals surface area (Å²) in [5.41, 5.74) is 3.05. The number of benzene rings is 2. The number of rotatable bonds is 5. The number of carbonyl (C=O) groups is 2. The molecular weight excluding hydrogens is 390 g/mol. The molecule has 0 spiro atoms. The van der Waals surface area contributed by atoms with E-state index in [4.69, 9.17) is 9.47 Å². The lowest BCUT2D eigenvalue weighted by Crippen LogP contribution is -2.30. The first-order chi connectivity index (χ1) is 14.1. The van der Waals surface area contributed by atoms with Crippen LogP contribution in [0, 0.1) is 0 Å². The van der Waals surface area contributed by atoms with Gasteiger partial charge in [0.15, 0.2) is 16.6 Å². The molecule has 2 amide bonds. The average Bonchev–Trinajstić information content (AvgIpc) is 3.20. The van der Waals surface area contributed by atoms with E-state index in [1.165, 1.54) is 11.3 Å². The van der Waals surface area contributed by atoms with E-state index in [0.29, 0.717) is 28.0 Å². The van der Waals surface area contributed by atoms with Crippen molar-refractivity contribution in [3.63, 3.8) is 0 Å². The van der Waals surface area contributed by atoms with E-state index in [0.717, 1.165) is 11.1 Å². The topological polar surface area (TPSA) is 89.5 Å². The first-order valence-electron chi connectivity index (χ1n) is 8.96. The molecular formula is C21H19N3O4S. The van der Waals surface area contributed by atoms with Gasteiger partial charge in [-0.2, -0.15) is 0 Å². The van der Waals surface area contributed by atoms with E-state index in [9.17, 15) is 9.59 Å². The summed E-state index contributed by atoms with van der Waals surface area (Å²) in [6.45, 7) is 0. The number of amides is 2. The number of anilines is 2. The molecule has 4 rings (SSSR count). The van der Waals surface area contributed by atoms with Crippen LogP contribution in [0.15, 0.2) is 47.8 Å². The van der Waals surface area contributed by atoms with E-state index in [1.54, 1.807) is 20.3 Å². The first-order valence-corrected chi connectivity index (χ1v) is 9.84. The normalized spacial score (nSPS) is 15.2. The molecule has 3 aromatic rings. The highest BCUT2D eigenvalue weighted by Crippen LogP contribution is 2.35. The summed E-state index contributed by atoms with van der Waals surface area (Å²) in [4.78, 5) is 29.3. The fraction of sp³-hybridized carbons (Fsp3) is 0.190. The highest BCUT2D eigenvalue weighted by molar-refractivity contribution is 7.14. The highest BCUT2D eigenvalue weighted by Gasteiger charge is 2.30. The van der Waals surface area contributed by atoms with Crippen molar-refractivity contribution in [3.8, 4) is 22.8 Å². The lowest BCUT2D eigenvalue weighted by Gasteiger charge is -2.24. The molecule has 0 aliphatic carbocycles. The van der Waals surface area contributed by atoms with Crippen LogP contribution < -0.4 is 20.1 Å². The minimum absolute atomic E-state index is 0.108. The number of hydrogen-bond acceptors (Lipinski definition) is 6. The number of para-hydroxylation sites is 1. The fourth-order valence-corrected chi connectivity index (χ4v) is 4.02. The molecule has 8 heteroatoms. The van der Waals surface area contributed by atoms with Crippen LogP contribution in [-0.2, 0) is 9.59 Å². The van der Waals surface area contributed by atoms with E-state index < -0.39 is 5.92 Å². The second-order valence-electron chi connectivity index (χ2n) is 6.49. The molecule has 0 saturated heterocycles. The monoisotopic (exact) mass is 409 g/mol. The third kappa shape index (κ3) is 3.79. The third-order valence-corrected chi connectivity index (χ3v) is 5.49. The molecule has 1 aliphatic rings. The van der Waals surface area contributed by atoms with Crippen molar-refractivity contribution in [1.29, 1.82) is 0 Å². The highest BCUT2D eigenvalue weighted by atomic mass is 32.1. The van der Waals surface area contributed by atoms with E-state index >= 15 is 0 Å². The lowest BCUT2D eigenvalue weighted by molar-refractivity contribution is -0.123. The maximum atomic E-state index is 12.8. The summed E-state index contributed by atoms with van der Waals surface area (Å²) in [5, 5.41) is 7.98. The summed E-state index contributed by atoms with van der Waals surface area (Å²) >= 11 is 1.33. The van der Waals surface area contributed by atoms with Crippen LogP contribution in [0.1, 0.15) is 17.9 Å². The second kappa shape index (κ2) is 7.92. The SMILES string of the molecule is COc1ccc(-c2csc(NC(=O)C3CC(=O)Nc4ccccc43)n2)cc1OC. The minimum atomic E-state index is -0.548. The number of ether oxygens (including phenoxy) is 2. The minimum Gasteiger partial charge on any atom is -0.493 e. The number of nitrogens with zero attached hydrogens (tertiary/aromatic N) is 1. The van der Waals surface area contributed by atoms with E-state index in [-0.39, 0.29) is 18.2 Å². The Morgan fingerprint density at radius 3 is 2.76 bits per heavy atom. The van der Waals surface area contributed by atoms with Crippen LogP contribution in [-0.4, -0.2) is 31.0 Å². The van der Waals surface area contributed by atoms with Crippen molar-refractivity contribution in [3.05, 3.63) is 53.4 Å². The first kappa shape index (κ1) is 18.9. The summed E-state index contributed by atoms with van der Waals surface area (Å²) in [5.74, 6) is 0.269. The van der Waals surface area contributed by atoms with Crippen molar-refractivity contribution < 1.29 is 19.1 Å². The molecule has 1 aromatic heterocycles. The van der Waals surface area contributed by atoms with Crippen molar-refractivity contribution in [2.45, 2.75) is 12.3 Å². The fourth-order valence-electron chi connectivity index (χ4n) is 3.30. The zero-order valence-corrected chi connectivity index (χ0v) is 16.7. The van der Waals surface area contributed by atoms with Gasteiger partial charge in [0, 0.05) is 23.1 Å². The summed E-state index contributed by atoms with van der Waals surface area (Å²) in [6.07, 6.45) is 0.108. The number of fused-ring (bicyclic) bond motifs is 1. The lowest BCUT2D eigenvalue weighted by atomic mass is 9.90. The molecule has 2 N–H and O–H groups in total. The standard InChI is InChI=1S/C21H19N3O4S/c1-27-17-8-7-12(9-18(17)28-2)16-11-29-21(23-16)24-20(26)14-10-19(25)22-15-6-4-3-5-13(14)15/h3-9,11,14H,10H2,1-2H3,(H,22,25)(H,23,24,26). The van der Waals surface area contributed by atoms with Gasteiger partial charge in [0.1, 0.15) is 0 Å². The number of methoxy groups -OCH3 is 2. The van der Waals surface area contributed by atoms with Gasteiger partial charge in [0.2, 0.25) is 11.8 Å². The van der Waals surface area contributed by atoms with Gasteiger partial charge in [-0.25, -0.2) is 4.98 Å². The van der Waals surface area contributed by atoms with E-state index in [2.05, 4.69) is 15.6 Å². The molecule has 0 saturated carbocycles. The van der Waals surface area contributed by atoms with Crippen LogP contribution >= 0.6 is 11.3 Å². The molecule has 7 nitrogen and oxygen atoms in total. The Balaban J connectivity index is 1.54. The Hall–Kier alpha value is -3.39. The molecule has 1 unspecified atom stereocenters. The average molecular weight is 409 g/mol. The molecule has 2 heterocycles. The Morgan fingerprint density at radius 1 is 1.17 bits per heavy atom. The Labute approximate surface area is 171 Å². The molecule has 0 fully saturated rings. The molecule has 0 bridgehead atoms. The summed E-state index contributed by atoms with van der Waals surface area (Å²) in [6, 6.07) is 12.9. The predicted molar refractivity (Wildman–Crippen MR) is 112 cm³/mol. The van der Waals surface area contributed by atoms with Crippen molar-refractivity contribution in [1.82, 2.24) is 4.98 Å². The molecule has 1 atom stereocenters.